The number of nitriles is 1. The van der Waals surface area contributed by atoms with Gasteiger partial charge in [0.25, 0.3) is 5.91 Å². The van der Waals surface area contributed by atoms with E-state index in [0.717, 1.165) is 11.1 Å². The summed E-state index contributed by atoms with van der Waals surface area (Å²) in [4.78, 5) is 12.7. The highest BCUT2D eigenvalue weighted by molar-refractivity contribution is 6.10. The van der Waals surface area contributed by atoms with Crippen LogP contribution in [0.2, 0.25) is 0 Å². The quantitative estimate of drug-likeness (QED) is 0.305. The van der Waals surface area contributed by atoms with Crippen LogP contribution in [0.3, 0.4) is 0 Å². The first-order valence-corrected chi connectivity index (χ1v) is 10.5. The van der Waals surface area contributed by atoms with E-state index in [1.165, 1.54) is 24.3 Å². The number of hydrogen-bond acceptors (Lipinski definition) is 4. The number of anilines is 1. The maximum Gasteiger partial charge on any atom is 0.266 e. The van der Waals surface area contributed by atoms with Crippen molar-refractivity contribution in [3.8, 4) is 23.1 Å². The predicted molar refractivity (Wildman–Crippen MR) is 128 cm³/mol. The van der Waals surface area contributed by atoms with E-state index in [2.05, 4.69) is 5.32 Å². The highest BCUT2D eigenvalue weighted by atomic mass is 19.1. The lowest BCUT2D eigenvalue weighted by atomic mass is 10.1. The minimum atomic E-state index is -0.705. The number of methoxy groups -OCH3 is 1. The molecule has 7 heteroatoms. The molecule has 6 nitrogen and oxygen atoms in total. The van der Waals surface area contributed by atoms with E-state index in [0.29, 0.717) is 23.6 Å². The molecule has 0 radical (unpaired) electrons. The highest BCUT2D eigenvalue weighted by Crippen LogP contribution is 2.27. The lowest BCUT2D eigenvalue weighted by Gasteiger charge is -2.05. The number of ether oxygens (including phenoxy) is 1. The zero-order valence-electron chi connectivity index (χ0n) is 18.4. The van der Waals surface area contributed by atoms with Crippen LogP contribution in [0, 0.1) is 17.1 Å². The van der Waals surface area contributed by atoms with Gasteiger partial charge in [0.15, 0.2) is 0 Å². The van der Waals surface area contributed by atoms with Gasteiger partial charge in [-0.15, -0.1) is 0 Å². The molecule has 1 amide bonds. The van der Waals surface area contributed by atoms with Crippen molar-refractivity contribution in [3.63, 3.8) is 0 Å². The molecule has 0 saturated carbocycles. The Morgan fingerprint density at radius 2 is 1.79 bits per heavy atom. The standard InChI is InChI=1S/C27H21FN4O2/c1-34-23-13-11-20(12-14-23)26-22(18-32(31-26)17-19-7-3-2-4-8-19)15-21(16-29)27(33)30-25-10-6-5-9-24(25)28/h2-15,18H,17H2,1H3,(H,30,33)/b21-15+. The van der Waals surface area contributed by atoms with Crippen molar-refractivity contribution in [1.82, 2.24) is 9.78 Å². The van der Waals surface area contributed by atoms with Crippen molar-refractivity contribution in [2.24, 2.45) is 0 Å². The lowest BCUT2D eigenvalue weighted by Crippen LogP contribution is -2.14. The maximum atomic E-state index is 14.0. The molecule has 0 aliphatic rings. The van der Waals surface area contributed by atoms with Crippen LogP contribution in [0.25, 0.3) is 17.3 Å². The SMILES string of the molecule is COc1ccc(-c2nn(Cc3ccccc3)cc2/C=C(\C#N)C(=O)Nc2ccccc2F)cc1. The number of nitrogens with zero attached hydrogens (tertiary/aromatic N) is 3. The molecule has 3 aromatic carbocycles. The van der Waals surface area contributed by atoms with Gasteiger partial charge in [-0.05, 0) is 48.0 Å². The van der Waals surface area contributed by atoms with Gasteiger partial charge in [0.1, 0.15) is 23.2 Å². The number of aromatic nitrogens is 2. The Labute approximate surface area is 196 Å². The third-order valence-corrected chi connectivity index (χ3v) is 5.13. The van der Waals surface area contributed by atoms with Gasteiger partial charge in [-0.2, -0.15) is 10.4 Å². The summed E-state index contributed by atoms with van der Waals surface area (Å²) in [6.45, 7) is 0.515. The molecule has 0 atom stereocenters. The zero-order valence-corrected chi connectivity index (χ0v) is 18.4. The summed E-state index contributed by atoms with van der Waals surface area (Å²) in [5.74, 6) is -0.585. The van der Waals surface area contributed by atoms with Gasteiger partial charge in [-0.25, -0.2) is 4.39 Å². The minimum Gasteiger partial charge on any atom is -0.497 e. The fraction of sp³-hybridized carbons (Fsp3) is 0.0741. The molecule has 0 spiro atoms. The summed E-state index contributed by atoms with van der Waals surface area (Å²) in [6.07, 6.45) is 3.24. The van der Waals surface area contributed by atoms with E-state index in [9.17, 15) is 14.4 Å². The topological polar surface area (TPSA) is 79.9 Å². The Kier molecular flexibility index (Phi) is 6.80. The fourth-order valence-corrected chi connectivity index (χ4v) is 3.42. The summed E-state index contributed by atoms with van der Waals surface area (Å²) >= 11 is 0. The molecule has 0 unspecified atom stereocenters. The van der Waals surface area contributed by atoms with Crippen molar-refractivity contribution < 1.29 is 13.9 Å². The molecule has 0 aliphatic carbocycles. The average Bonchev–Trinajstić information content (AvgIpc) is 3.26. The van der Waals surface area contributed by atoms with Crippen LogP contribution in [-0.4, -0.2) is 22.8 Å². The van der Waals surface area contributed by atoms with Crippen LogP contribution < -0.4 is 10.1 Å². The van der Waals surface area contributed by atoms with Gasteiger partial charge >= 0.3 is 0 Å². The minimum absolute atomic E-state index is 0.00352. The molecular formula is C27H21FN4O2. The number of para-hydroxylation sites is 1. The van der Waals surface area contributed by atoms with E-state index in [1.54, 1.807) is 24.1 Å². The zero-order chi connectivity index (χ0) is 23.9. The van der Waals surface area contributed by atoms with Gasteiger partial charge in [-0.3, -0.25) is 9.48 Å². The first kappa shape index (κ1) is 22.5. The fourth-order valence-electron chi connectivity index (χ4n) is 3.42. The first-order chi connectivity index (χ1) is 16.6. The summed E-state index contributed by atoms with van der Waals surface area (Å²) in [6, 6.07) is 24.9. The van der Waals surface area contributed by atoms with Crippen molar-refractivity contribution in [3.05, 3.63) is 108 Å². The van der Waals surface area contributed by atoms with Gasteiger partial charge in [-0.1, -0.05) is 42.5 Å². The molecule has 34 heavy (non-hydrogen) atoms. The molecular weight excluding hydrogens is 431 g/mol. The van der Waals surface area contributed by atoms with E-state index in [1.807, 2.05) is 60.7 Å². The molecule has 4 rings (SSSR count). The molecule has 4 aromatic rings. The molecule has 168 valence electrons. The number of halogens is 1. The first-order valence-electron chi connectivity index (χ1n) is 10.5. The summed E-state index contributed by atoms with van der Waals surface area (Å²) in [5.41, 5.74) is 2.87. The van der Waals surface area contributed by atoms with Crippen molar-refractivity contribution in [1.29, 1.82) is 5.26 Å². The predicted octanol–water partition coefficient (Wildman–Crippen LogP) is 5.29. The smallest absolute Gasteiger partial charge is 0.266 e. The Morgan fingerprint density at radius 1 is 1.09 bits per heavy atom. The monoisotopic (exact) mass is 452 g/mol. The highest BCUT2D eigenvalue weighted by Gasteiger charge is 2.16. The second kappa shape index (κ2) is 10.3. The number of hydrogen-bond donors (Lipinski definition) is 1. The maximum absolute atomic E-state index is 14.0. The molecule has 1 aromatic heterocycles. The second-order valence-corrected chi connectivity index (χ2v) is 7.45. The Bertz CT molecular complexity index is 1370. The average molecular weight is 452 g/mol. The number of nitrogens with one attached hydrogen (secondary N) is 1. The van der Waals surface area contributed by atoms with E-state index >= 15 is 0 Å². The third-order valence-electron chi connectivity index (χ3n) is 5.13. The van der Waals surface area contributed by atoms with Gasteiger partial charge in [0, 0.05) is 17.3 Å². The van der Waals surface area contributed by atoms with Crippen molar-refractivity contribution in [2.45, 2.75) is 6.54 Å². The number of carbonyl (C=O) groups is 1. The second-order valence-electron chi connectivity index (χ2n) is 7.45. The van der Waals surface area contributed by atoms with Crippen LogP contribution in [-0.2, 0) is 11.3 Å². The van der Waals surface area contributed by atoms with Gasteiger partial charge in [0.2, 0.25) is 0 Å². The number of benzene rings is 3. The number of rotatable bonds is 7. The lowest BCUT2D eigenvalue weighted by molar-refractivity contribution is -0.112. The Morgan fingerprint density at radius 3 is 2.47 bits per heavy atom. The normalized spacial score (nSPS) is 11.0. The van der Waals surface area contributed by atoms with Crippen LogP contribution in [0.5, 0.6) is 5.75 Å². The summed E-state index contributed by atoms with van der Waals surface area (Å²) < 4.78 is 21.0. The number of carbonyl (C=O) groups excluding carboxylic acids is 1. The molecule has 1 N–H and O–H groups in total. The Hall–Kier alpha value is -4.70. The summed E-state index contributed by atoms with van der Waals surface area (Å²) in [7, 11) is 1.59. The largest absolute Gasteiger partial charge is 0.497 e. The van der Waals surface area contributed by atoms with E-state index in [-0.39, 0.29) is 11.3 Å². The molecule has 0 saturated heterocycles. The molecule has 0 aliphatic heterocycles. The van der Waals surface area contributed by atoms with Gasteiger partial charge in [0.05, 0.1) is 25.0 Å². The third kappa shape index (κ3) is 5.19. The van der Waals surface area contributed by atoms with Crippen LogP contribution in [0.15, 0.2) is 90.6 Å². The number of amides is 1. The van der Waals surface area contributed by atoms with Crippen molar-refractivity contribution in [2.75, 3.05) is 12.4 Å². The molecule has 0 bridgehead atoms. The van der Waals surface area contributed by atoms with E-state index < -0.39 is 11.7 Å². The van der Waals surface area contributed by atoms with Gasteiger partial charge < -0.3 is 10.1 Å². The molecule has 0 fully saturated rings. The molecule has 1 heterocycles. The van der Waals surface area contributed by atoms with Crippen molar-refractivity contribution >= 4 is 17.7 Å². The van der Waals surface area contributed by atoms with Crippen LogP contribution >= 0.6 is 0 Å². The van der Waals surface area contributed by atoms with Crippen LogP contribution in [0.1, 0.15) is 11.1 Å². The Balaban J connectivity index is 1.71. The summed E-state index contributed by atoms with van der Waals surface area (Å²) in [5, 5.41) is 16.8. The van der Waals surface area contributed by atoms with Crippen LogP contribution in [0.4, 0.5) is 10.1 Å². The van der Waals surface area contributed by atoms with E-state index in [4.69, 9.17) is 9.84 Å².